The largest absolute Gasteiger partial charge is 0.495 e. The first-order valence-electron chi connectivity index (χ1n) is 10.8. The summed E-state index contributed by atoms with van der Waals surface area (Å²) in [5.41, 5.74) is 1.14. The molecule has 178 valence electrons. The topological polar surface area (TPSA) is 84.9 Å². The van der Waals surface area contributed by atoms with Crippen molar-refractivity contribution in [1.29, 1.82) is 0 Å². The molecule has 1 fully saturated rings. The standard InChI is InChI=1S/C25H26N2O5S2/c1-31-23-13-12-21(34(29,30)27-14-16-32-17-15-27)18-22(23)26-25(28)24(19-8-4-2-5-9-19)33-20-10-6-3-7-11-20/h2-13,18,24H,14-17H2,1H3,(H,26,28)/t24-/m1/s1. The van der Waals surface area contributed by atoms with E-state index in [2.05, 4.69) is 5.32 Å². The Kier molecular flexibility index (Phi) is 7.89. The van der Waals surface area contributed by atoms with Crippen molar-refractivity contribution >= 4 is 33.4 Å². The van der Waals surface area contributed by atoms with Gasteiger partial charge in [0.05, 0.1) is 30.9 Å². The first kappa shape index (κ1) is 24.3. The third-order valence-electron chi connectivity index (χ3n) is 5.37. The molecular formula is C25H26N2O5S2. The molecule has 0 aliphatic carbocycles. The first-order valence-corrected chi connectivity index (χ1v) is 13.1. The number of amides is 1. The average Bonchev–Trinajstić information content (AvgIpc) is 2.88. The zero-order valence-electron chi connectivity index (χ0n) is 18.7. The molecule has 0 aromatic heterocycles. The van der Waals surface area contributed by atoms with Crippen molar-refractivity contribution in [3.63, 3.8) is 0 Å². The van der Waals surface area contributed by atoms with Gasteiger partial charge in [0.1, 0.15) is 11.0 Å². The summed E-state index contributed by atoms with van der Waals surface area (Å²) in [6.07, 6.45) is 0. The summed E-state index contributed by atoms with van der Waals surface area (Å²) in [4.78, 5) is 14.5. The number of carbonyl (C=O) groups is 1. The van der Waals surface area contributed by atoms with E-state index in [0.717, 1.165) is 10.5 Å². The van der Waals surface area contributed by atoms with Crippen molar-refractivity contribution in [2.45, 2.75) is 15.0 Å². The molecule has 0 unspecified atom stereocenters. The number of morpholine rings is 1. The number of hydrogen-bond acceptors (Lipinski definition) is 6. The minimum atomic E-state index is -3.72. The van der Waals surface area contributed by atoms with E-state index in [1.807, 2.05) is 60.7 Å². The lowest BCUT2D eigenvalue weighted by molar-refractivity contribution is -0.115. The summed E-state index contributed by atoms with van der Waals surface area (Å²) in [6.45, 7) is 1.29. The number of rotatable bonds is 8. The lowest BCUT2D eigenvalue weighted by Gasteiger charge is -2.26. The third-order valence-corrected chi connectivity index (χ3v) is 8.54. The van der Waals surface area contributed by atoms with E-state index in [4.69, 9.17) is 9.47 Å². The Morgan fingerprint density at radius 1 is 1.00 bits per heavy atom. The van der Waals surface area contributed by atoms with Crippen molar-refractivity contribution in [2.75, 3.05) is 38.7 Å². The summed E-state index contributed by atoms with van der Waals surface area (Å²) in [5, 5.41) is 2.35. The number of benzene rings is 3. The number of thioether (sulfide) groups is 1. The highest BCUT2D eigenvalue weighted by Gasteiger charge is 2.28. The van der Waals surface area contributed by atoms with Crippen molar-refractivity contribution in [3.05, 3.63) is 84.4 Å². The van der Waals surface area contributed by atoms with Gasteiger partial charge in [0.15, 0.2) is 0 Å². The molecule has 4 rings (SSSR count). The molecule has 1 atom stereocenters. The SMILES string of the molecule is COc1ccc(S(=O)(=O)N2CCOCC2)cc1NC(=O)[C@H](Sc1ccccc1)c1ccccc1. The molecule has 34 heavy (non-hydrogen) atoms. The number of sulfonamides is 1. The summed E-state index contributed by atoms with van der Waals surface area (Å²) >= 11 is 1.42. The van der Waals surface area contributed by atoms with Gasteiger partial charge in [-0.3, -0.25) is 4.79 Å². The van der Waals surface area contributed by atoms with Crippen molar-refractivity contribution in [1.82, 2.24) is 4.31 Å². The van der Waals surface area contributed by atoms with Crippen LogP contribution in [0.25, 0.3) is 0 Å². The Morgan fingerprint density at radius 2 is 1.65 bits per heavy atom. The average molecular weight is 499 g/mol. The number of ether oxygens (including phenoxy) is 2. The highest BCUT2D eigenvalue weighted by atomic mass is 32.2. The van der Waals surface area contributed by atoms with Gasteiger partial charge in [-0.1, -0.05) is 48.5 Å². The third kappa shape index (κ3) is 5.61. The fraction of sp³-hybridized carbons (Fsp3) is 0.240. The monoisotopic (exact) mass is 498 g/mol. The number of methoxy groups -OCH3 is 1. The Labute approximate surface area is 204 Å². The van der Waals surface area contributed by atoms with Crippen molar-refractivity contribution in [3.8, 4) is 5.75 Å². The predicted molar refractivity (Wildman–Crippen MR) is 133 cm³/mol. The Hall–Kier alpha value is -2.85. The van der Waals surface area contributed by atoms with Gasteiger partial charge >= 0.3 is 0 Å². The van der Waals surface area contributed by atoms with Gasteiger partial charge in [-0.15, -0.1) is 11.8 Å². The Balaban J connectivity index is 1.63. The number of nitrogens with zero attached hydrogens (tertiary/aromatic N) is 1. The molecule has 1 aliphatic heterocycles. The lowest BCUT2D eigenvalue weighted by Crippen LogP contribution is -2.40. The van der Waals surface area contributed by atoms with Crippen LogP contribution in [-0.2, 0) is 19.6 Å². The van der Waals surface area contributed by atoms with Gasteiger partial charge in [0.25, 0.3) is 0 Å². The molecule has 0 spiro atoms. The molecule has 9 heteroatoms. The second-order valence-electron chi connectivity index (χ2n) is 7.59. The fourth-order valence-corrected chi connectivity index (χ4v) is 6.10. The quantitative estimate of drug-likeness (QED) is 0.469. The molecule has 1 aliphatic rings. The molecular weight excluding hydrogens is 472 g/mol. The van der Waals surface area contributed by atoms with E-state index in [1.54, 1.807) is 6.07 Å². The molecule has 0 bridgehead atoms. The second-order valence-corrected chi connectivity index (χ2v) is 10.7. The smallest absolute Gasteiger partial charge is 0.243 e. The minimum Gasteiger partial charge on any atom is -0.495 e. The van der Waals surface area contributed by atoms with Crippen molar-refractivity contribution in [2.24, 2.45) is 0 Å². The van der Waals surface area contributed by atoms with Crippen LogP contribution in [-0.4, -0.2) is 52.0 Å². The molecule has 0 saturated carbocycles. The second kappa shape index (κ2) is 11.1. The van der Waals surface area contributed by atoms with Gasteiger partial charge in [-0.05, 0) is 35.9 Å². The lowest BCUT2D eigenvalue weighted by atomic mass is 10.1. The van der Waals surface area contributed by atoms with Gasteiger partial charge in [-0.2, -0.15) is 4.31 Å². The van der Waals surface area contributed by atoms with Crippen LogP contribution in [0.4, 0.5) is 5.69 Å². The molecule has 1 N–H and O–H groups in total. The first-order chi connectivity index (χ1) is 16.5. The van der Waals surface area contributed by atoms with Crippen LogP contribution >= 0.6 is 11.8 Å². The van der Waals surface area contributed by atoms with Crippen molar-refractivity contribution < 1.29 is 22.7 Å². The summed E-state index contributed by atoms with van der Waals surface area (Å²) in [7, 11) is -2.24. The van der Waals surface area contributed by atoms with Gasteiger partial charge in [-0.25, -0.2) is 8.42 Å². The van der Waals surface area contributed by atoms with Crippen LogP contribution in [0.2, 0.25) is 0 Å². The van der Waals surface area contributed by atoms with E-state index in [-0.39, 0.29) is 10.8 Å². The molecule has 1 amide bonds. The maximum absolute atomic E-state index is 13.5. The van der Waals surface area contributed by atoms with Gasteiger partial charge < -0.3 is 14.8 Å². The summed E-state index contributed by atoms with van der Waals surface area (Å²) in [6, 6.07) is 23.6. The molecule has 1 saturated heterocycles. The highest BCUT2D eigenvalue weighted by molar-refractivity contribution is 8.00. The molecule has 3 aromatic carbocycles. The van der Waals surface area contributed by atoms with E-state index in [0.29, 0.717) is 37.7 Å². The molecule has 1 heterocycles. The molecule has 3 aromatic rings. The van der Waals surface area contributed by atoms with E-state index >= 15 is 0 Å². The summed E-state index contributed by atoms with van der Waals surface area (Å²) < 4.78 is 38.3. The van der Waals surface area contributed by atoms with Crippen LogP contribution < -0.4 is 10.1 Å². The van der Waals surface area contributed by atoms with E-state index in [9.17, 15) is 13.2 Å². The summed E-state index contributed by atoms with van der Waals surface area (Å²) in [5.74, 6) is 0.102. The Bertz CT molecular complexity index is 1210. The number of anilines is 1. The fourth-order valence-electron chi connectivity index (χ4n) is 3.62. The maximum Gasteiger partial charge on any atom is 0.243 e. The zero-order valence-corrected chi connectivity index (χ0v) is 20.3. The van der Waals surface area contributed by atoms with Crippen LogP contribution in [0, 0.1) is 0 Å². The highest BCUT2D eigenvalue weighted by Crippen LogP contribution is 2.37. The number of hydrogen-bond donors (Lipinski definition) is 1. The van der Waals surface area contributed by atoms with Gasteiger partial charge in [0.2, 0.25) is 15.9 Å². The van der Waals surface area contributed by atoms with Crippen LogP contribution in [0.3, 0.4) is 0 Å². The Morgan fingerprint density at radius 3 is 2.29 bits per heavy atom. The maximum atomic E-state index is 13.5. The minimum absolute atomic E-state index is 0.0949. The predicted octanol–water partition coefficient (Wildman–Crippen LogP) is 4.19. The van der Waals surface area contributed by atoms with Crippen LogP contribution in [0.15, 0.2) is 88.7 Å². The number of carbonyl (C=O) groups excluding carboxylic acids is 1. The van der Waals surface area contributed by atoms with E-state index in [1.165, 1.54) is 35.3 Å². The normalized spacial score (nSPS) is 15.4. The van der Waals surface area contributed by atoms with Crippen LogP contribution in [0.1, 0.15) is 10.8 Å². The van der Waals surface area contributed by atoms with Crippen LogP contribution in [0.5, 0.6) is 5.75 Å². The molecule has 7 nitrogen and oxygen atoms in total. The van der Waals surface area contributed by atoms with Gasteiger partial charge in [0, 0.05) is 18.0 Å². The number of nitrogens with one attached hydrogen (secondary N) is 1. The zero-order chi connectivity index (χ0) is 24.0. The molecule has 0 radical (unpaired) electrons. The van der Waals surface area contributed by atoms with E-state index < -0.39 is 15.3 Å².